The topological polar surface area (TPSA) is 69.9 Å². The van der Waals surface area contributed by atoms with E-state index in [1.807, 2.05) is 43.5 Å². The van der Waals surface area contributed by atoms with Crippen molar-refractivity contribution >= 4 is 5.97 Å². The van der Waals surface area contributed by atoms with Crippen molar-refractivity contribution in [2.45, 2.75) is 38.1 Å². The SMILES string of the molecule is COC(=O)c1ccc(-c2cc(-c3c(-c4cccc(C)n4)nc4n3C3CCC4C3)ccn2)cc1. The minimum absolute atomic E-state index is 0.344. The van der Waals surface area contributed by atoms with Crippen LogP contribution in [-0.4, -0.2) is 32.6 Å². The molecule has 6 rings (SSSR count). The van der Waals surface area contributed by atoms with Gasteiger partial charge < -0.3 is 9.30 Å². The van der Waals surface area contributed by atoms with E-state index in [1.165, 1.54) is 32.2 Å². The molecule has 164 valence electrons. The molecule has 4 heterocycles. The smallest absolute Gasteiger partial charge is 0.337 e. The van der Waals surface area contributed by atoms with Crippen molar-refractivity contribution in [3.8, 4) is 33.9 Å². The number of fused-ring (bicyclic) bond motifs is 5. The van der Waals surface area contributed by atoms with Crippen LogP contribution in [0.4, 0.5) is 0 Å². The number of imidazole rings is 1. The number of ether oxygens (including phenoxy) is 1. The predicted molar refractivity (Wildman–Crippen MR) is 126 cm³/mol. The number of aryl methyl sites for hydroxylation is 1. The summed E-state index contributed by atoms with van der Waals surface area (Å²) in [6.07, 6.45) is 5.45. The molecule has 0 radical (unpaired) electrons. The molecule has 2 atom stereocenters. The second kappa shape index (κ2) is 7.66. The highest BCUT2D eigenvalue weighted by Crippen LogP contribution is 2.52. The van der Waals surface area contributed by atoms with Gasteiger partial charge in [-0.2, -0.15) is 0 Å². The lowest BCUT2D eigenvalue weighted by Gasteiger charge is -2.17. The van der Waals surface area contributed by atoms with Crippen LogP contribution in [0.3, 0.4) is 0 Å². The first kappa shape index (κ1) is 19.9. The maximum atomic E-state index is 11.8. The zero-order valence-corrected chi connectivity index (χ0v) is 18.7. The van der Waals surface area contributed by atoms with Crippen LogP contribution < -0.4 is 0 Å². The molecule has 0 saturated heterocycles. The Balaban J connectivity index is 1.48. The van der Waals surface area contributed by atoms with Crippen molar-refractivity contribution < 1.29 is 9.53 Å². The molecule has 33 heavy (non-hydrogen) atoms. The molecule has 3 aromatic heterocycles. The van der Waals surface area contributed by atoms with Crippen LogP contribution in [0.2, 0.25) is 0 Å². The molecule has 0 amide bonds. The molecule has 1 aromatic carbocycles. The Bertz CT molecular complexity index is 1370. The van der Waals surface area contributed by atoms with Crippen molar-refractivity contribution in [3.05, 3.63) is 77.9 Å². The molecule has 2 bridgehead atoms. The third-order valence-corrected chi connectivity index (χ3v) is 6.84. The average molecular weight is 437 g/mol. The van der Waals surface area contributed by atoms with Crippen LogP contribution in [0.15, 0.2) is 60.8 Å². The van der Waals surface area contributed by atoms with Crippen molar-refractivity contribution in [1.29, 1.82) is 0 Å². The molecular weight excluding hydrogens is 412 g/mol. The number of hydrogen-bond donors (Lipinski definition) is 0. The Morgan fingerprint density at radius 1 is 1.00 bits per heavy atom. The van der Waals surface area contributed by atoms with Gasteiger partial charge in [0.25, 0.3) is 0 Å². The predicted octanol–water partition coefficient (Wildman–Crippen LogP) is 5.59. The van der Waals surface area contributed by atoms with Gasteiger partial charge in [-0.1, -0.05) is 18.2 Å². The maximum absolute atomic E-state index is 11.8. The molecule has 6 nitrogen and oxygen atoms in total. The summed E-state index contributed by atoms with van der Waals surface area (Å²) in [5, 5.41) is 0. The highest BCUT2D eigenvalue weighted by Gasteiger charge is 2.41. The number of esters is 1. The lowest BCUT2D eigenvalue weighted by Crippen LogP contribution is -2.08. The Morgan fingerprint density at radius 2 is 1.85 bits per heavy atom. The fourth-order valence-electron chi connectivity index (χ4n) is 5.29. The summed E-state index contributed by atoms with van der Waals surface area (Å²) in [6.45, 7) is 2.01. The third kappa shape index (κ3) is 3.25. The van der Waals surface area contributed by atoms with E-state index in [0.29, 0.717) is 17.5 Å². The van der Waals surface area contributed by atoms with E-state index in [0.717, 1.165) is 39.6 Å². The molecule has 1 aliphatic carbocycles. The summed E-state index contributed by atoms with van der Waals surface area (Å²) >= 11 is 0. The maximum Gasteiger partial charge on any atom is 0.337 e. The van der Waals surface area contributed by atoms with Crippen LogP contribution in [0.25, 0.3) is 33.9 Å². The molecule has 1 fully saturated rings. The number of nitrogens with zero attached hydrogens (tertiary/aromatic N) is 4. The summed E-state index contributed by atoms with van der Waals surface area (Å²) in [5.74, 6) is 1.39. The van der Waals surface area contributed by atoms with Crippen molar-refractivity contribution in [2.75, 3.05) is 7.11 Å². The van der Waals surface area contributed by atoms with Gasteiger partial charge in [-0.25, -0.2) is 9.78 Å². The lowest BCUT2D eigenvalue weighted by molar-refractivity contribution is 0.0600. The van der Waals surface area contributed by atoms with E-state index in [-0.39, 0.29) is 5.97 Å². The number of methoxy groups -OCH3 is 1. The Kier molecular flexibility index (Phi) is 4.61. The molecule has 6 heteroatoms. The fourth-order valence-corrected chi connectivity index (χ4v) is 5.29. The normalized spacial score (nSPS) is 18.4. The second-order valence-corrected chi connectivity index (χ2v) is 8.86. The summed E-state index contributed by atoms with van der Waals surface area (Å²) in [6, 6.07) is 18.1. The summed E-state index contributed by atoms with van der Waals surface area (Å²) in [7, 11) is 1.39. The third-order valence-electron chi connectivity index (χ3n) is 6.84. The van der Waals surface area contributed by atoms with Gasteiger partial charge in [-0.15, -0.1) is 0 Å². The van der Waals surface area contributed by atoms with Gasteiger partial charge in [-0.3, -0.25) is 9.97 Å². The molecular formula is C27H24N4O2. The van der Waals surface area contributed by atoms with Crippen LogP contribution >= 0.6 is 0 Å². The zero-order chi connectivity index (χ0) is 22.5. The van der Waals surface area contributed by atoms with Gasteiger partial charge in [0.2, 0.25) is 0 Å². The summed E-state index contributed by atoms with van der Waals surface area (Å²) in [5.41, 5.74) is 7.38. The summed E-state index contributed by atoms with van der Waals surface area (Å²) < 4.78 is 7.26. The van der Waals surface area contributed by atoms with E-state index in [4.69, 9.17) is 14.7 Å². The fraction of sp³-hybridized carbons (Fsp3) is 0.259. The number of benzene rings is 1. The van der Waals surface area contributed by atoms with E-state index in [2.05, 4.69) is 21.7 Å². The lowest BCUT2D eigenvalue weighted by atomic mass is 10.0. The Hall–Kier alpha value is -3.80. The minimum atomic E-state index is -0.344. The highest BCUT2D eigenvalue weighted by molar-refractivity contribution is 5.90. The number of carbonyl (C=O) groups excluding carboxylic acids is 1. The van der Waals surface area contributed by atoms with E-state index >= 15 is 0 Å². The number of pyridine rings is 2. The standard InChI is InChI=1S/C27H24N4O2/c1-16-4-3-5-22(29-16)24-25(31-21-11-10-20(14-21)26(31)30-24)19-12-13-28-23(15-19)17-6-8-18(9-7-17)27(32)33-2/h3-9,12-13,15,20-21H,10-11,14H2,1-2H3. The molecule has 2 aliphatic rings. The average Bonchev–Trinajstić information content (AvgIpc) is 3.56. The minimum Gasteiger partial charge on any atom is -0.465 e. The quantitative estimate of drug-likeness (QED) is 0.390. The molecule has 2 unspecified atom stereocenters. The molecule has 0 N–H and O–H groups in total. The second-order valence-electron chi connectivity index (χ2n) is 8.86. The van der Waals surface area contributed by atoms with Gasteiger partial charge in [0.15, 0.2) is 0 Å². The Morgan fingerprint density at radius 3 is 2.64 bits per heavy atom. The van der Waals surface area contributed by atoms with Crippen LogP contribution in [0.5, 0.6) is 0 Å². The van der Waals surface area contributed by atoms with Gasteiger partial charge in [-0.05, 0) is 62.6 Å². The van der Waals surface area contributed by atoms with Gasteiger partial charge in [0.05, 0.1) is 29.8 Å². The number of rotatable bonds is 4. The van der Waals surface area contributed by atoms with Crippen molar-refractivity contribution in [2.24, 2.45) is 0 Å². The number of hydrogen-bond acceptors (Lipinski definition) is 5. The first-order chi connectivity index (χ1) is 16.1. The molecule has 1 saturated carbocycles. The van der Waals surface area contributed by atoms with E-state index in [1.54, 1.807) is 12.1 Å². The molecule has 0 spiro atoms. The van der Waals surface area contributed by atoms with E-state index < -0.39 is 0 Å². The largest absolute Gasteiger partial charge is 0.465 e. The van der Waals surface area contributed by atoms with Crippen molar-refractivity contribution in [1.82, 2.24) is 19.5 Å². The first-order valence-corrected chi connectivity index (χ1v) is 11.3. The Labute approximate surface area is 192 Å². The van der Waals surface area contributed by atoms with E-state index in [9.17, 15) is 4.79 Å². The highest BCUT2D eigenvalue weighted by atomic mass is 16.5. The van der Waals surface area contributed by atoms with Crippen molar-refractivity contribution in [3.63, 3.8) is 0 Å². The number of carbonyl (C=O) groups is 1. The summed E-state index contributed by atoms with van der Waals surface area (Å²) in [4.78, 5) is 26.3. The molecule has 4 aromatic rings. The van der Waals surface area contributed by atoms with Crippen LogP contribution in [0.1, 0.15) is 53.1 Å². The van der Waals surface area contributed by atoms with Gasteiger partial charge in [0.1, 0.15) is 11.5 Å². The zero-order valence-electron chi connectivity index (χ0n) is 18.7. The molecule has 1 aliphatic heterocycles. The first-order valence-electron chi connectivity index (χ1n) is 11.3. The van der Waals surface area contributed by atoms with Gasteiger partial charge in [0, 0.05) is 35.0 Å². The van der Waals surface area contributed by atoms with Crippen LogP contribution in [-0.2, 0) is 4.74 Å². The number of aromatic nitrogens is 4. The van der Waals surface area contributed by atoms with Gasteiger partial charge >= 0.3 is 5.97 Å². The van der Waals surface area contributed by atoms with Crippen LogP contribution in [0, 0.1) is 6.92 Å². The monoisotopic (exact) mass is 436 g/mol.